The maximum absolute atomic E-state index is 11.1. The number of primary sulfonamides is 1. The first kappa shape index (κ1) is 11.0. The van der Waals surface area contributed by atoms with Crippen molar-refractivity contribution in [3.63, 3.8) is 0 Å². The van der Waals surface area contributed by atoms with Crippen molar-refractivity contribution < 1.29 is 8.42 Å². The number of nitrogens with zero attached hydrogens (tertiary/aromatic N) is 2. The van der Waals surface area contributed by atoms with Crippen LogP contribution < -0.4 is 5.14 Å². The molecule has 2 aromatic rings. The van der Waals surface area contributed by atoms with E-state index in [-0.39, 0.29) is 14.6 Å². The molecule has 5 nitrogen and oxygen atoms in total. The summed E-state index contributed by atoms with van der Waals surface area (Å²) in [7, 11) is -3.75. The second-order valence-electron chi connectivity index (χ2n) is 2.61. The lowest BCUT2D eigenvalue weighted by molar-refractivity contribution is 0.600. The maximum Gasteiger partial charge on any atom is 0.247 e. The zero-order valence-electron chi connectivity index (χ0n) is 6.94. The molecule has 2 heterocycles. The van der Waals surface area contributed by atoms with Crippen LogP contribution in [-0.2, 0) is 10.0 Å². The van der Waals surface area contributed by atoms with Crippen LogP contribution in [0.25, 0.3) is 10.2 Å². The van der Waals surface area contributed by atoms with Crippen LogP contribution in [0.1, 0.15) is 0 Å². The molecule has 2 N–H and O–H groups in total. The molecule has 9 heteroatoms. The van der Waals surface area contributed by atoms with E-state index in [0.717, 1.165) is 11.3 Å². The van der Waals surface area contributed by atoms with Gasteiger partial charge in [0.15, 0.2) is 5.15 Å². The molecule has 0 atom stereocenters. The Hall–Kier alpha value is -0.470. The van der Waals surface area contributed by atoms with Crippen molar-refractivity contribution in [2.45, 2.75) is 4.21 Å². The minimum Gasteiger partial charge on any atom is -0.224 e. The van der Waals surface area contributed by atoms with Gasteiger partial charge in [-0.25, -0.2) is 23.5 Å². The van der Waals surface area contributed by atoms with Crippen molar-refractivity contribution in [3.8, 4) is 0 Å². The van der Waals surface area contributed by atoms with Gasteiger partial charge >= 0.3 is 0 Å². The third kappa shape index (κ3) is 2.06. The molecule has 15 heavy (non-hydrogen) atoms. The van der Waals surface area contributed by atoms with Crippen LogP contribution in [0, 0.1) is 0 Å². The molecule has 0 aliphatic heterocycles. The molecule has 2 aromatic heterocycles. The van der Waals surface area contributed by atoms with Gasteiger partial charge in [-0.2, -0.15) is 0 Å². The van der Waals surface area contributed by atoms with Gasteiger partial charge in [-0.1, -0.05) is 11.6 Å². The summed E-state index contributed by atoms with van der Waals surface area (Å²) in [6, 6.07) is 1.31. The summed E-state index contributed by atoms with van der Waals surface area (Å²) in [5, 5.41) is 5.05. The molecule has 0 aromatic carbocycles. The lowest BCUT2D eigenvalue weighted by Gasteiger charge is -1.91. The molecule has 0 radical (unpaired) electrons. The Morgan fingerprint density at radius 1 is 1.33 bits per heavy atom. The van der Waals surface area contributed by atoms with E-state index in [1.807, 2.05) is 0 Å². The third-order valence-corrected chi connectivity index (χ3v) is 4.67. The number of rotatable bonds is 1. The lowest BCUT2D eigenvalue weighted by atomic mass is 10.5. The van der Waals surface area contributed by atoms with Crippen LogP contribution >= 0.6 is 34.5 Å². The van der Waals surface area contributed by atoms with E-state index in [1.54, 1.807) is 0 Å². The predicted octanol–water partition coefficient (Wildman–Crippen LogP) is 1.65. The number of hydrogen-bond donors (Lipinski definition) is 1. The second-order valence-corrected chi connectivity index (χ2v) is 6.14. The van der Waals surface area contributed by atoms with Gasteiger partial charge in [0.2, 0.25) is 15.3 Å². The summed E-state index contributed by atoms with van der Waals surface area (Å²) in [6.07, 6.45) is 0. The number of halogens is 2. The van der Waals surface area contributed by atoms with Crippen molar-refractivity contribution in [2.24, 2.45) is 5.14 Å². The Morgan fingerprint density at radius 2 is 2.00 bits per heavy atom. The Bertz CT molecular complexity index is 637. The Kier molecular flexibility index (Phi) is 2.60. The van der Waals surface area contributed by atoms with Gasteiger partial charge in [-0.15, -0.1) is 11.3 Å². The molecular weight excluding hydrogens is 281 g/mol. The number of thiophene rings is 1. The SMILES string of the molecule is NS(=O)(=O)c1cc2nc(Cl)nc(Cl)c2s1. The van der Waals surface area contributed by atoms with Gasteiger partial charge in [0.05, 0.1) is 10.2 Å². The van der Waals surface area contributed by atoms with Crippen LogP contribution in [0.4, 0.5) is 0 Å². The van der Waals surface area contributed by atoms with Crippen molar-refractivity contribution in [2.75, 3.05) is 0 Å². The summed E-state index contributed by atoms with van der Waals surface area (Å²) in [5.41, 5.74) is 0.369. The standard InChI is InChI=1S/C6H3Cl2N3O2S2/c7-5-4-2(10-6(8)11-5)1-3(14-4)15(9,12)13/h1H,(H2,9,12,13). The van der Waals surface area contributed by atoms with Gasteiger partial charge < -0.3 is 0 Å². The zero-order valence-corrected chi connectivity index (χ0v) is 10.1. The van der Waals surface area contributed by atoms with E-state index in [1.165, 1.54) is 6.07 Å². The molecule has 0 spiro atoms. The predicted molar refractivity (Wildman–Crippen MR) is 58.8 cm³/mol. The van der Waals surface area contributed by atoms with Gasteiger partial charge in [0.25, 0.3) is 0 Å². The topological polar surface area (TPSA) is 85.9 Å². The first-order chi connectivity index (χ1) is 6.88. The number of fused-ring (bicyclic) bond motifs is 1. The molecule has 0 saturated heterocycles. The maximum atomic E-state index is 11.1. The smallest absolute Gasteiger partial charge is 0.224 e. The Balaban J connectivity index is 2.82. The molecule has 80 valence electrons. The van der Waals surface area contributed by atoms with E-state index >= 15 is 0 Å². The van der Waals surface area contributed by atoms with Crippen LogP contribution in [0.5, 0.6) is 0 Å². The van der Waals surface area contributed by atoms with Crippen molar-refractivity contribution in [3.05, 3.63) is 16.5 Å². The van der Waals surface area contributed by atoms with Gasteiger partial charge in [-0.05, 0) is 17.7 Å². The summed E-state index contributed by atoms with van der Waals surface area (Å²) < 4.78 is 22.6. The van der Waals surface area contributed by atoms with E-state index in [0.29, 0.717) is 10.2 Å². The van der Waals surface area contributed by atoms with E-state index in [9.17, 15) is 8.42 Å². The molecule has 0 amide bonds. The summed E-state index contributed by atoms with van der Waals surface area (Å²) in [5.74, 6) is 0. The molecule has 2 rings (SSSR count). The average molecular weight is 284 g/mol. The summed E-state index contributed by atoms with van der Waals surface area (Å²) >= 11 is 12.2. The second kappa shape index (κ2) is 3.53. The highest BCUT2D eigenvalue weighted by Gasteiger charge is 2.16. The number of nitrogens with two attached hydrogens (primary N) is 1. The fraction of sp³-hybridized carbons (Fsp3) is 0. The van der Waals surface area contributed by atoms with Crippen molar-refractivity contribution in [1.82, 2.24) is 9.97 Å². The van der Waals surface area contributed by atoms with Gasteiger partial charge in [0, 0.05) is 0 Å². The minimum atomic E-state index is -3.75. The Labute approximate surface area is 98.9 Å². The first-order valence-electron chi connectivity index (χ1n) is 3.53. The molecule has 0 aliphatic rings. The molecule has 0 fully saturated rings. The lowest BCUT2D eigenvalue weighted by Crippen LogP contribution is -2.09. The molecule has 0 saturated carbocycles. The van der Waals surface area contributed by atoms with E-state index in [4.69, 9.17) is 28.3 Å². The molecule has 0 bridgehead atoms. The minimum absolute atomic E-state index is 0.0176. The van der Waals surface area contributed by atoms with Crippen molar-refractivity contribution in [1.29, 1.82) is 0 Å². The highest BCUT2D eigenvalue weighted by Crippen LogP contribution is 2.32. The summed E-state index contributed by atoms with van der Waals surface area (Å²) in [4.78, 5) is 7.52. The van der Waals surface area contributed by atoms with Crippen LogP contribution in [-0.4, -0.2) is 18.4 Å². The normalized spacial score (nSPS) is 12.2. The fourth-order valence-corrected chi connectivity index (χ4v) is 3.20. The van der Waals surface area contributed by atoms with Crippen LogP contribution in [0.15, 0.2) is 10.3 Å². The third-order valence-electron chi connectivity index (χ3n) is 1.56. The van der Waals surface area contributed by atoms with Crippen LogP contribution in [0.3, 0.4) is 0 Å². The molecule has 0 unspecified atom stereocenters. The first-order valence-corrected chi connectivity index (χ1v) is 6.65. The highest BCUT2D eigenvalue weighted by molar-refractivity contribution is 7.91. The quantitative estimate of drug-likeness (QED) is 0.637. The number of aromatic nitrogens is 2. The van der Waals surface area contributed by atoms with Gasteiger partial charge in [-0.3, -0.25) is 0 Å². The Morgan fingerprint density at radius 3 is 2.60 bits per heavy atom. The molecular formula is C6H3Cl2N3O2S2. The fourth-order valence-electron chi connectivity index (χ4n) is 0.987. The number of hydrogen-bond acceptors (Lipinski definition) is 5. The van der Waals surface area contributed by atoms with Crippen molar-refractivity contribution >= 4 is 54.8 Å². The zero-order chi connectivity index (χ0) is 11.2. The summed E-state index contributed by atoms with van der Waals surface area (Å²) in [6.45, 7) is 0. The molecule has 0 aliphatic carbocycles. The van der Waals surface area contributed by atoms with E-state index in [2.05, 4.69) is 9.97 Å². The van der Waals surface area contributed by atoms with Gasteiger partial charge in [0.1, 0.15) is 4.21 Å². The number of sulfonamides is 1. The monoisotopic (exact) mass is 283 g/mol. The highest BCUT2D eigenvalue weighted by atomic mass is 35.5. The largest absolute Gasteiger partial charge is 0.247 e. The van der Waals surface area contributed by atoms with E-state index < -0.39 is 10.0 Å². The van der Waals surface area contributed by atoms with Crippen LogP contribution in [0.2, 0.25) is 10.4 Å². The average Bonchev–Trinajstić information content (AvgIpc) is 2.46.